The van der Waals surface area contributed by atoms with Crippen LogP contribution in [0.15, 0.2) is 18.2 Å². The molecule has 2 heteroatoms. The van der Waals surface area contributed by atoms with Crippen molar-refractivity contribution in [3.63, 3.8) is 0 Å². The molecular formula is C10H14O2. The predicted molar refractivity (Wildman–Crippen MR) is 48.1 cm³/mol. The molecule has 0 spiro atoms. The molecule has 0 radical (unpaired) electrons. The van der Waals surface area contributed by atoms with E-state index in [2.05, 4.69) is 13.8 Å². The number of aliphatic hydroxyl groups is 1. The summed E-state index contributed by atoms with van der Waals surface area (Å²) in [6.45, 7) is 4.02. The fourth-order valence-electron chi connectivity index (χ4n) is 1.07. The van der Waals surface area contributed by atoms with Crippen molar-refractivity contribution in [2.45, 2.75) is 26.4 Å². The Balaban J connectivity index is 3.02. The van der Waals surface area contributed by atoms with Gasteiger partial charge in [0.25, 0.3) is 0 Å². The van der Waals surface area contributed by atoms with Crippen molar-refractivity contribution in [2.24, 2.45) is 0 Å². The largest absolute Gasteiger partial charge is 0.508 e. The topological polar surface area (TPSA) is 40.5 Å². The van der Waals surface area contributed by atoms with E-state index in [0.29, 0.717) is 11.5 Å². The monoisotopic (exact) mass is 166 g/mol. The Morgan fingerprint density at radius 3 is 2.42 bits per heavy atom. The van der Waals surface area contributed by atoms with Crippen LogP contribution in [-0.4, -0.2) is 10.2 Å². The van der Waals surface area contributed by atoms with E-state index in [9.17, 15) is 5.11 Å². The smallest absolute Gasteiger partial charge is 0.121 e. The summed E-state index contributed by atoms with van der Waals surface area (Å²) in [6, 6.07) is 5.39. The zero-order valence-corrected chi connectivity index (χ0v) is 7.41. The number of hydrogen-bond acceptors (Lipinski definition) is 2. The molecule has 0 bridgehead atoms. The van der Waals surface area contributed by atoms with Gasteiger partial charge in [0.05, 0.1) is 6.61 Å². The minimum absolute atomic E-state index is 0.107. The van der Waals surface area contributed by atoms with Gasteiger partial charge in [-0.1, -0.05) is 26.0 Å². The predicted octanol–water partition coefficient (Wildman–Crippen LogP) is 2.01. The quantitative estimate of drug-likeness (QED) is 0.705. The van der Waals surface area contributed by atoms with Gasteiger partial charge in [-0.15, -0.1) is 0 Å². The summed E-state index contributed by atoms with van der Waals surface area (Å²) in [6.07, 6.45) is 0. The van der Waals surface area contributed by atoms with E-state index in [1.54, 1.807) is 12.1 Å². The number of rotatable bonds is 2. The lowest BCUT2D eigenvalue weighted by atomic mass is 10.0. The second kappa shape index (κ2) is 3.59. The van der Waals surface area contributed by atoms with Crippen molar-refractivity contribution in [3.8, 4) is 5.75 Å². The van der Waals surface area contributed by atoms with Crippen LogP contribution >= 0.6 is 0 Å². The first-order valence-electron chi connectivity index (χ1n) is 4.07. The second-order valence-electron chi connectivity index (χ2n) is 3.20. The van der Waals surface area contributed by atoms with E-state index in [1.165, 1.54) is 0 Å². The maximum Gasteiger partial charge on any atom is 0.121 e. The van der Waals surface area contributed by atoms with E-state index in [0.717, 1.165) is 5.56 Å². The Labute approximate surface area is 72.5 Å². The highest BCUT2D eigenvalue weighted by Crippen LogP contribution is 2.23. The third kappa shape index (κ3) is 1.77. The zero-order valence-electron chi connectivity index (χ0n) is 7.41. The van der Waals surface area contributed by atoms with Gasteiger partial charge in [-0.2, -0.15) is 0 Å². The third-order valence-electron chi connectivity index (χ3n) is 1.95. The van der Waals surface area contributed by atoms with E-state index >= 15 is 0 Å². The second-order valence-corrected chi connectivity index (χ2v) is 3.20. The van der Waals surface area contributed by atoms with Gasteiger partial charge < -0.3 is 10.2 Å². The number of aliphatic hydroxyl groups excluding tert-OH is 1. The summed E-state index contributed by atoms with van der Waals surface area (Å²) in [5, 5.41) is 18.2. The average Bonchev–Trinajstić information content (AvgIpc) is 2.04. The molecule has 0 aliphatic carbocycles. The highest BCUT2D eigenvalue weighted by molar-refractivity contribution is 5.36. The minimum Gasteiger partial charge on any atom is -0.508 e. The first kappa shape index (κ1) is 9.07. The number of hydrogen-bond donors (Lipinski definition) is 2. The number of phenols is 1. The Kier molecular flexibility index (Phi) is 2.71. The van der Waals surface area contributed by atoms with Crippen LogP contribution in [0.3, 0.4) is 0 Å². The first-order chi connectivity index (χ1) is 5.65. The molecule has 2 N–H and O–H groups in total. The summed E-state index contributed by atoms with van der Waals surface area (Å²) >= 11 is 0. The maximum atomic E-state index is 9.38. The van der Waals surface area contributed by atoms with Gasteiger partial charge in [-0.3, -0.25) is 0 Å². The molecule has 1 aromatic rings. The summed E-state index contributed by atoms with van der Waals surface area (Å²) in [5.41, 5.74) is 1.67. The van der Waals surface area contributed by atoms with Gasteiger partial charge in [0.1, 0.15) is 5.75 Å². The standard InChI is InChI=1S/C10H14O2/c1-7(2)8-3-4-9(6-11)10(12)5-8/h3-5,7,11-12H,6H2,1-2H3. The molecule has 1 aromatic carbocycles. The molecule has 0 amide bonds. The van der Waals surface area contributed by atoms with Crippen molar-refractivity contribution in [3.05, 3.63) is 29.3 Å². The molecule has 0 aliphatic heterocycles. The molecule has 0 unspecified atom stereocenters. The first-order valence-corrected chi connectivity index (χ1v) is 4.07. The molecule has 0 aliphatic rings. The lowest BCUT2D eigenvalue weighted by molar-refractivity contribution is 0.275. The SMILES string of the molecule is CC(C)c1ccc(CO)c(O)c1. The average molecular weight is 166 g/mol. The Hall–Kier alpha value is -1.02. The maximum absolute atomic E-state index is 9.38. The lowest BCUT2D eigenvalue weighted by Crippen LogP contribution is -1.90. The van der Waals surface area contributed by atoms with Crippen LogP contribution < -0.4 is 0 Å². The molecule has 2 nitrogen and oxygen atoms in total. The lowest BCUT2D eigenvalue weighted by Gasteiger charge is -2.07. The molecule has 0 atom stereocenters. The Morgan fingerprint density at radius 2 is 2.00 bits per heavy atom. The fraction of sp³-hybridized carbons (Fsp3) is 0.400. The minimum atomic E-state index is -0.107. The van der Waals surface area contributed by atoms with Crippen LogP contribution in [-0.2, 0) is 6.61 Å². The van der Waals surface area contributed by atoms with Crippen LogP contribution in [0, 0.1) is 0 Å². The number of benzene rings is 1. The normalized spacial score (nSPS) is 10.7. The Morgan fingerprint density at radius 1 is 1.33 bits per heavy atom. The van der Waals surface area contributed by atoms with E-state index in [1.807, 2.05) is 6.07 Å². The summed E-state index contributed by atoms with van der Waals surface area (Å²) in [5.74, 6) is 0.590. The van der Waals surface area contributed by atoms with Crippen molar-refractivity contribution in [2.75, 3.05) is 0 Å². The van der Waals surface area contributed by atoms with Crippen molar-refractivity contribution >= 4 is 0 Å². The molecule has 66 valence electrons. The van der Waals surface area contributed by atoms with Crippen molar-refractivity contribution < 1.29 is 10.2 Å². The summed E-state index contributed by atoms with van der Waals surface area (Å²) in [7, 11) is 0. The molecule has 0 heterocycles. The van der Waals surface area contributed by atoms with Crippen LogP contribution in [0.1, 0.15) is 30.9 Å². The van der Waals surface area contributed by atoms with Gasteiger partial charge in [-0.05, 0) is 17.5 Å². The molecule has 0 saturated carbocycles. The van der Waals surface area contributed by atoms with Gasteiger partial charge in [0.15, 0.2) is 0 Å². The molecular weight excluding hydrogens is 152 g/mol. The zero-order chi connectivity index (χ0) is 9.14. The van der Waals surface area contributed by atoms with Crippen molar-refractivity contribution in [1.29, 1.82) is 0 Å². The molecule has 12 heavy (non-hydrogen) atoms. The third-order valence-corrected chi connectivity index (χ3v) is 1.95. The van der Waals surface area contributed by atoms with Crippen LogP contribution in [0.5, 0.6) is 5.75 Å². The highest BCUT2D eigenvalue weighted by atomic mass is 16.3. The molecule has 0 saturated heterocycles. The van der Waals surface area contributed by atoms with Crippen LogP contribution in [0.4, 0.5) is 0 Å². The van der Waals surface area contributed by atoms with Gasteiger partial charge in [0, 0.05) is 5.56 Å². The van der Waals surface area contributed by atoms with Gasteiger partial charge in [0.2, 0.25) is 0 Å². The number of aromatic hydroxyl groups is 1. The molecule has 0 aromatic heterocycles. The Bertz CT molecular complexity index is 267. The fourth-order valence-corrected chi connectivity index (χ4v) is 1.07. The summed E-state index contributed by atoms with van der Waals surface area (Å²) in [4.78, 5) is 0. The molecule has 0 fully saturated rings. The van der Waals surface area contributed by atoms with Gasteiger partial charge >= 0.3 is 0 Å². The van der Waals surface area contributed by atoms with E-state index in [4.69, 9.17) is 5.11 Å². The van der Waals surface area contributed by atoms with E-state index in [-0.39, 0.29) is 12.4 Å². The van der Waals surface area contributed by atoms with Crippen LogP contribution in [0.25, 0.3) is 0 Å². The van der Waals surface area contributed by atoms with Gasteiger partial charge in [-0.25, -0.2) is 0 Å². The summed E-state index contributed by atoms with van der Waals surface area (Å²) < 4.78 is 0. The highest BCUT2D eigenvalue weighted by Gasteiger charge is 2.03. The van der Waals surface area contributed by atoms with Crippen molar-refractivity contribution in [1.82, 2.24) is 0 Å². The molecule has 1 rings (SSSR count). The van der Waals surface area contributed by atoms with E-state index < -0.39 is 0 Å². The van der Waals surface area contributed by atoms with Crippen LogP contribution in [0.2, 0.25) is 0 Å².